The van der Waals surface area contributed by atoms with Gasteiger partial charge in [0.15, 0.2) is 0 Å². The topological polar surface area (TPSA) is 67.4 Å². The monoisotopic (exact) mass is 278 g/mol. The molecule has 0 aliphatic heterocycles. The van der Waals surface area contributed by atoms with Gasteiger partial charge in [-0.05, 0) is 26.3 Å². The fourth-order valence-electron chi connectivity index (χ4n) is 2.34. The molecule has 6 heteroatoms. The van der Waals surface area contributed by atoms with Crippen LogP contribution in [0.25, 0.3) is 0 Å². The van der Waals surface area contributed by atoms with E-state index in [2.05, 4.69) is 23.9 Å². The normalized spacial score (nSPS) is 26.9. The average Bonchev–Trinajstić information content (AvgIpc) is 2.24. The standard InChI is InChI=1S/C12H26N2O3S/c1-5-17-11-9-10(12(11,2)3)13-7-6-8-14-18(4,15)16/h10-11,13-14H,5-9H2,1-4H3. The third-order valence-electron chi connectivity index (χ3n) is 3.65. The molecule has 0 aromatic carbocycles. The first kappa shape index (κ1) is 15.9. The Bertz CT molecular complexity index is 354. The molecule has 0 amide bonds. The summed E-state index contributed by atoms with van der Waals surface area (Å²) in [6.45, 7) is 8.53. The molecule has 1 fully saturated rings. The highest BCUT2D eigenvalue weighted by Gasteiger charge is 2.48. The molecule has 0 spiro atoms. The number of hydrogen-bond donors (Lipinski definition) is 2. The van der Waals surface area contributed by atoms with E-state index < -0.39 is 10.0 Å². The van der Waals surface area contributed by atoms with Crippen LogP contribution in [0.15, 0.2) is 0 Å². The van der Waals surface area contributed by atoms with Crippen molar-refractivity contribution in [3.8, 4) is 0 Å². The van der Waals surface area contributed by atoms with Crippen LogP contribution in [0.5, 0.6) is 0 Å². The summed E-state index contributed by atoms with van der Waals surface area (Å²) in [6, 6.07) is 0.465. The Morgan fingerprint density at radius 3 is 2.50 bits per heavy atom. The molecule has 1 rings (SSSR count). The molecule has 2 atom stereocenters. The molecule has 5 nitrogen and oxygen atoms in total. The van der Waals surface area contributed by atoms with Gasteiger partial charge in [-0.25, -0.2) is 13.1 Å². The van der Waals surface area contributed by atoms with E-state index in [-0.39, 0.29) is 5.41 Å². The predicted molar refractivity (Wildman–Crippen MR) is 73.1 cm³/mol. The van der Waals surface area contributed by atoms with Gasteiger partial charge in [-0.3, -0.25) is 0 Å². The molecule has 1 aliphatic rings. The van der Waals surface area contributed by atoms with Gasteiger partial charge in [0.25, 0.3) is 0 Å². The van der Waals surface area contributed by atoms with Gasteiger partial charge in [0.2, 0.25) is 10.0 Å². The van der Waals surface area contributed by atoms with Crippen molar-refractivity contribution in [2.75, 3.05) is 26.0 Å². The smallest absolute Gasteiger partial charge is 0.208 e. The summed E-state index contributed by atoms with van der Waals surface area (Å²) in [5.74, 6) is 0. The minimum Gasteiger partial charge on any atom is -0.378 e. The quantitative estimate of drug-likeness (QED) is 0.642. The van der Waals surface area contributed by atoms with Crippen molar-refractivity contribution >= 4 is 10.0 Å². The van der Waals surface area contributed by atoms with Gasteiger partial charge in [0, 0.05) is 24.6 Å². The predicted octanol–water partition coefficient (Wildman–Crippen LogP) is 0.719. The summed E-state index contributed by atoms with van der Waals surface area (Å²) < 4.78 is 29.9. The largest absolute Gasteiger partial charge is 0.378 e. The summed E-state index contributed by atoms with van der Waals surface area (Å²) >= 11 is 0. The van der Waals surface area contributed by atoms with Gasteiger partial charge in [-0.15, -0.1) is 0 Å². The molecule has 2 unspecified atom stereocenters. The molecule has 0 saturated heterocycles. The van der Waals surface area contributed by atoms with Crippen molar-refractivity contribution in [3.63, 3.8) is 0 Å². The highest BCUT2D eigenvalue weighted by Crippen LogP contribution is 2.42. The SMILES string of the molecule is CCOC1CC(NCCCNS(C)(=O)=O)C1(C)C. The van der Waals surface area contributed by atoms with Crippen LogP contribution < -0.4 is 10.0 Å². The lowest BCUT2D eigenvalue weighted by Crippen LogP contribution is -2.61. The molecule has 0 aromatic heterocycles. The second-order valence-electron chi connectivity index (χ2n) is 5.53. The third kappa shape index (κ3) is 4.50. The molecular formula is C12H26N2O3S. The second-order valence-corrected chi connectivity index (χ2v) is 7.36. The Hall–Kier alpha value is -0.170. The lowest BCUT2D eigenvalue weighted by Gasteiger charge is -2.52. The van der Waals surface area contributed by atoms with E-state index in [1.807, 2.05) is 6.92 Å². The molecule has 108 valence electrons. The van der Waals surface area contributed by atoms with Gasteiger partial charge >= 0.3 is 0 Å². The van der Waals surface area contributed by atoms with E-state index >= 15 is 0 Å². The van der Waals surface area contributed by atoms with Gasteiger partial charge in [-0.2, -0.15) is 0 Å². The zero-order valence-electron chi connectivity index (χ0n) is 11.8. The fraction of sp³-hybridized carbons (Fsp3) is 1.00. The number of sulfonamides is 1. The van der Waals surface area contributed by atoms with Gasteiger partial charge in [0.05, 0.1) is 12.4 Å². The lowest BCUT2D eigenvalue weighted by atomic mass is 9.64. The molecule has 1 saturated carbocycles. The third-order valence-corrected chi connectivity index (χ3v) is 4.38. The highest BCUT2D eigenvalue weighted by atomic mass is 32.2. The second kappa shape index (κ2) is 6.32. The van der Waals surface area contributed by atoms with Gasteiger partial charge in [-0.1, -0.05) is 13.8 Å². The van der Waals surface area contributed by atoms with Crippen LogP contribution in [0, 0.1) is 5.41 Å². The van der Waals surface area contributed by atoms with E-state index in [4.69, 9.17) is 4.74 Å². The zero-order valence-corrected chi connectivity index (χ0v) is 12.6. The molecule has 0 radical (unpaired) electrons. The van der Waals surface area contributed by atoms with E-state index in [9.17, 15) is 8.42 Å². The minimum absolute atomic E-state index is 0.167. The van der Waals surface area contributed by atoms with Crippen LogP contribution in [0.3, 0.4) is 0 Å². The van der Waals surface area contributed by atoms with Crippen molar-refractivity contribution in [2.45, 2.75) is 45.8 Å². The summed E-state index contributed by atoms with van der Waals surface area (Å²) in [5, 5.41) is 3.47. The Kier molecular flexibility index (Phi) is 5.58. The highest BCUT2D eigenvalue weighted by molar-refractivity contribution is 7.88. The number of rotatable bonds is 8. The first-order valence-electron chi connectivity index (χ1n) is 6.57. The van der Waals surface area contributed by atoms with Crippen LogP contribution in [-0.2, 0) is 14.8 Å². The van der Waals surface area contributed by atoms with E-state index in [0.29, 0.717) is 18.7 Å². The summed E-state index contributed by atoms with van der Waals surface area (Å²) in [5.41, 5.74) is 0.167. The molecule has 1 aliphatic carbocycles. The van der Waals surface area contributed by atoms with E-state index in [0.717, 1.165) is 26.0 Å². The van der Waals surface area contributed by atoms with Crippen LogP contribution in [0.4, 0.5) is 0 Å². The van der Waals surface area contributed by atoms with Crippen LogP contribution in [-0.4, -0.2) is 46.5 Å². The summed E-state index contributed by atoms with van der Waals surface area (Å²) in [7, 11) is -3.05. The first-order valence-corrected chi connectivity index (χ1v) is 8.46. The number of hydrogen-bond acceptors (Lipinski definition) is 4. The van der Waals surface area contributed by atoms with Crippen molar-refractivity contribution in [1.29, 1.82) is 0 Å². The van der Waals surface area contributed by atoms with Gasteiger partial charge in [0.1, 0.15) is 0 Å². The number of nitrogens with one attached hydrogen (secondary N) is 2. The molecule has 18 heavy (non-hydrogen) atoms. The molecule has 0 aromatic rings. The Morgan fingerprint density at radius 2 is 2.00 bits per heavy atom. The molecular weight excluding hydrogens is 252 g/mol. The molecule has 0 heterocycles. The first-order chi connectivity index (χ1) is 8.27. The Labute approximate surface area is 111 Å². The zero-order chi connectivity index (χ0) is 13.8. The Balaban J connectivity index is 2.15. The van der Waals surface area contributed by atoms with Crippen molar-refractivity contribution < 1.29 is 13.2 Å². The van der Waals surface area contributed by atoms with Gasteiger partial charge < -0.3 is 10.1 Å². The van der Waals surface area contributed by atoms with Crippen LogP contribution >= 0.6 is 0 Å². The van der Waals surface area contributed by atoms with Crippen molar-refractivity contribution in [2.24, 2.45) is 5.41 Å². The maximum absolute atomic E-state index is 10.9. The fourth-order valence-corrected chi connectivity index (χ4v) is 2.85. The summed E-state index contributed by atoms with van der Waals surface area (Å²) in [4.78, 5) is 0. The molecule has 2 N–H and O–H groups in total. The minimum atomic E-state index is -3.05. The maximum Gasteiger partial charge on any atom is 0.208 e. The van der Waals surface area contributed by atoms with Crippen molar-refractivity contribution in [3.05, 3.63) is 0 Å². The Morgan fingerprint density at radius 1 is 1.33 bits per heavy atom. The van der Waals surface area contributed by atoms with E-state index in [1.54, 1.807) is 0 Å². The molecule has 0 bridgehead atoms. The van der Waals surface area contributed by atoms with Crippen LogP contribution in [0.2, 0.25) is 0 Å². The van der Waals surface area contributed by atoms with Crippen LogP contribution in [0.1, 0.15) is 33.6 Å². The average molecular weight is 278 g/mol. The maximum atomic E-state index is 10.9. The lowest BCUT2D eigenvalue weighted by molar-refractivity contribution is -0.113. The van der Waals surface area contributed by atoms with Crippen molar-refractivity contribution in [1.82, 2.24) is 10.0 Å². The summed E-state index contributed by atoms with van der Waals surface area (Å²) in [6.07, 6.45) is 3.37. The number of ether oxygens (including phenoxy) is 1. The van der Waals surface area contributed by atoms with E-state index in [1.165, 1.54) is 6.26 Å².